The van der Waals surface area contributed by atoms with Crippen molar-refractivity contribution >= 4 is 29.0 Å². The van der Waals surface area contributed by atoms with Gasteiger partial charge in [0.2, 0.25) is 10.9 Å². The molecule has 1 atom stereocenters. The second kappa shape index (κ2) is 10.5. The maximum atomic E-state index is 12.3. The molecule has 0 saturated heterocycles. The van der Waals surface area contributed by atoms with E-state index >= 15 is 0 Å². The Bertz CT molecular complexity index is 1160. The first-order chi connectivity index (χ1) is 15.6. The minimum absolute atomic E-state index is 0.227. The molecule has 0 aliphatic carbocycles. The lowest BCUT2D eigenvalue weighted by Gasteiger charge is -2.08. The predicted octanol–water partition coefficient (Wildman–Crippen LogP) is 4.80. The van der Waals surface area contributed by atoms with Crippen molar-refractivity contribution in [3.63, 3.8) is 0 Å². The first-order valence-corrected chi connectivity index (χ1v) is 12.0. The van der Waals surface area contributed by atoms with Crippen LogP contribution in [0.25, 0.3) is 0 Å². The zero-order valence-corrected chi connectivity index (χ0v) is 19.4. The number of nitrogens with zero attached hydrogens (tertiary/aromatic N) is 4. The van der Waals surface area contributed by atoms with E-state index in [1.165, 1.54) is 34.2 Å². The van der Waals surface area contributed by atoms with Gasteiger partial charge < -0.3 is 9.73 Å². The average Bonchev–Trinajstić information content (AvgIpc) is 3.47. The molecule has 7 nitrogen and oxygen atoms in total. The van der Waals surface area contributed by atoms with Gasteiger partial charge >= 0.3 is 0 Å². The number of benzene rings is 2. The first kappa shape index (κ1) is 22.2. The van der Waals surface area contributed by atoms with Crippen LogP contribution in [0.5, 0.6) is 0 Å². The van der Waals surface area contributed by atoms with Gasteiger partial charge in [-0.25, -0.2) is 0 Å². The van der Waals surface area contributed by atoms with E-state index in [0.717, 1.165) is 10.6 Å². The molecule has 0 aliphatic rings. The molecule has 0 saturated carbocycles. The van der Waals surface area contributed by atoms with Gasteiger partial charge in [-0.05, 0) is 24.0 Å². The highest BCUT2D eigenvalue weighted by Crippen LogP contribution is 2.25. The molecule has 0 bridgehead atoms. The molecule has 1 N–H and O–H groups in total. The number of carbonyl (C=O) groups excluding carboxylic acids is 1. The molecular formula is C23H23N5O2S2. The van der Waals surface area contributed by atoms with E-state index in [0.29, 0.717) is 40.8 Å². The van der Waals surface area contributed by atoms with E-state index in [4.69, 9.17) is 4.42 Å². The van der Waals surface area contributed by atoms with Gasteiger partial charge in [0.1, 0.15) is 5.01 Å². The van der Waals surface area contributed by atoms with Crippen molar-refractivity contribution in [2.75, 3.05) is 0 Å². The second-order valence-corrected chi connectivity index (χ2v) is 9.42. The van der Waals surface area contributed by atoms with Crippen LogP contribution in [-0.2, 0) is 18.7 Å². The molecule has 4 rings (SSSR count). The summed E-state index contributed by atoms with van der Waals surface area (Å²) < 4.78 is 5.77. The Labute approximate surface area is 194 Å². The third-order valence-electron chi connectivity index (χ3n) is 4.85. The van der Waals surface area contributed by atoms with Crippen molar-refractivity contribution in [2.24, 2.45) is 0 Å². The van der Waals surface area contributed by atoms with Crippen LogP contribution in [0.3, 0.4) is 0 Å². The summed E-state index contributed by atoms with van der Waals surface area (Å²) in [4.78, 5) is 12.3. The Hall–Kier alpha value is -3.04. The van der Waals surface area contributed by atoms with E-state index < -0.39 is 0 Å². The van der Waals surface area contributed by atoms with Crippen LogP contribution in [0.1, 0.15) is 50.2 Å². The van der Waals surface area contributed by atoms with E-state index in [2.05, 4.69) is 44.8 Å². The van der Waals surface area contributed by atoms with Crippen molar-refractivity contribution < 1.29 is 9.21 Å². The number of amides is 1. The molecule has 0 aliphatic heterocycles. The van der Waals surface area contributed by atoms with Crippen LogP contribution in [0, 0.1) is 6.92 Å². The minimum Gasteiger partial charge on any atom is -0.416 e. The van der Waals surface area contributed by atoms with Crippen LogP contribution in [0.4, 0.5) is 0 Å². The lowest BCUT2D eigenvalue weighted by atomic mass is 9.98. The first-order valence-electron chi connectivity index (χ1n) is 10.2. The molecule has 2 aromatic carbocycles. The minimum atomic E-state index is -0.227. The smallest absolute Gasteiger partial charge is 0.282 e. The number of hydrogen-bond acceptors (Lipinski definition) is 8. The highest BCUT2D eigenvalue weighted by Gasteiger charge is 2.15. The lowest BCUT2D eigenvalue weighted by Crippen LogP contribution is -2.22. The number of nitrogens with one attached hydrogen (secondary N) is 1. The van der Waals surface area contributed by atoms with Crippen molar-refractivity contribution in [1.29, 1.82) is 0 Å². The van der Waals surface area contributed by atoms with Crippen LogP contribution in [0.2, 0.25) is 0 Å². The fraction of sp³-hybridized carbons (Fsp3) is 0.261. The molecule has 0 radical (unpaired) electrons. The Balaban J connectivity index is 1.26. The van der Waals surface area contributed by atoms with Gasteiger partial charge in [-0.15, -0.1) is 20.4 Å². The molecule has 32 heavy (non-hydrogen) atoms. The third kappa shape index (κ3) is 6.02. The predicted molar refractivity (Wildman–Crippen MR) is 125 cm³/mol. The summed E-state index contributed by atoms with van der Waals surface area (Å²) in [5, 5.41) is 20.8. The van der Waals surface area contributed by atoms with Gasteiger partial charge in [0.05, 0.1) is 5.75 Å². The fourth-order valence-corrected chi connectivity index (χ4v) is 4.55. The number of rotatable bonds is 9. The number of thioether (sulfide) groups is 1. The monoisotopic (exact) mass is 465 g/mol. The topological polar surface area (TPSA) is 93.8 Å². The molecule has 0 spiro atoms. The fourth-order valence-electron chi connectivity index (χ4n) is 3.03. The average molecular weight is 466 g/mol. The molecular weight excluding hydrogens is 442 g/mol. The van der Waals surface area contributed by atoms with Gasteiger partial charge in [0.15, 0.2) is 0 Å². The molecule has 1 amide bonds. The molecule has 9 heteroatoms. The molecule has 2 heterocycles. The van der Waals surface area contributed by atoms with Gasteiger partial charge in [-0.3, -0.25) is 4.79 Å². The van der Waals surface area contributed by atoms with Crippen LogP contribution in [0.15, 0.2) is 64.2 Å². The van der Waals surface area contributed by atoms with Crippen molar-refractivity contribution in [1.82, 2.24) is 25.7 Å². The molecule has 4 aromatic rings. The molecule has 1 unspecified atom stereocenters. The Morgan fingerprint density at radius 3 is 2.62 bits per heavy atom. The number of hydrogen-bond donors (Lipinski definition) is 1. The highest BCUT2D eigenvalue weighted by molar-refractivity contribution is 7.98. The summed E-state index contributed by atoms with van der Waals surface area (Å²) in [5.74, 6) is 1.18. The lowest BCUT2D eigenvalue weighted by molar-refractivity contribution is 0.0950. The zero-order chi connectivity index (χ0) is 22.3. The van der Waals surface area contributed by atoms with Gasteiger partial charge in [0, 0.05) is 13.0 Å². The summed E-state index contributed by atoms with van der Waals surface area (Å²) in [6.07, 6.45) is 0.682. The summed E-state index contributed by atoms with van der Waals surface area (Å²) in [6.45, 7) is 4.62. The van der Waals surface area contributed by atoms with E-state index in [9.17, 15) is 4.79 Å². The van der Waals surface area contributed by atoms with E-state index in [1.807, 2.05) is 49.4 Å². The van der Waals surface area contributed by atoms with Crippen molar-refractivity contribution in [3.8, 4) is 0 Å². The number of aryl methyl sites for hydroxylation is 1. The number of aromatic nitrogens is 4. The SMILES string of the molecule is Cc1ccc(CNC(=O)c2nnc(CSc3nnc(CC(C)c4ccccc4)o3)s2)cc1. The summed E-state index contributed by atoms with van der Waals surface area (Å²) in [6, 6.07) is 18.3. The van der Waals surface area contributed by atoms with Crippen LogP contribution >= 0.6 is 23.1 Å². The molecule has 0 fully saturated rings. The van der Waals surface area contributed by atoms with Gasteiger partial charge in [-0.1, -0.05) is 90.2 Å². The maximum absolute atomic E-state index is 12.3. The Morgan fingerprint density at radius 2 is 1.84 bits per heavy atom. The quantitative estimate of drug-likeness (QED) is 0.355. The highest BCUT2D eigenvalue weighted by atomic mass is 32.2. The van der Waals surface area contributed by atoms with E-state index in [-0.39, 0.29) is 5.91 Å². The van der Waals surface area contributed by atoms with E-state index in [1.54, 1.807) is 0 Å². The molecule has 2 aromatic heterocycles. The third-order valence-corrected chi connectivity index (χ3v) is 6.79. The standard InChI is InChI=1S/C23H23N5O2S2/c1-15-8-10-17(11-9-15)13-24-21(29)22-27-26-20(32-22)14-31-23-28-25-19(30-23)12-16(2)18-6-4-3-5-7-18/h3-11,16H,12-14H2,1-2H3,(H,24,29). The Kier molecular flexibility index (Phi) is 7.28. The van der Waals surface area contributed by atoms with Crippen LogP contribution in [-0.4, -0.2) is 26.3 Å². The van der Waals surface area contributed by atoms with Crippen LogP contribution < -0.4 is 5.32 Å². The molecule has 164 valence electrons. The van der Waals surface area contributed by atoms with Gasteiger partial charge in [-0.2, -0.15) is 0 Å². The Morgan fingerprint density at radius 1 is 1.06 bits per heavy atom. The largest absolute Gasteiger partial charge is 0.416 e. The summed E-state index contributed by atoms with van der Waals surface area (Å²) in [5.41, 5.74) is 3.46. The normalized spacial score (nSPS) is 11.9. The summed E-state index contributed by atoms with van der Waals surface area (Å²) in [7, 11) is 0. The summed E-state index contributed by atoms with van der Waals surface area (Å²) >= 11 is 2.66. The maximum Gasteiger partial charge on any atom is 0.282 e. The second-order valence-electron chi connectivity index (χ2n) is 7.44. The van der Waals surface area contributed by atoms with Crippen molar-refractivity contribution in [2.45, 2.75) is 43.7 Å². The van der Waals surface area contributed by atoms with Gasteiger partial charge in [0.25, 0.3) is 11.1 Å². The zero-order valence-electron chi connectivity index (χ0n) is 17.8. The number of carbonyl (C=O) groups is 1. The van der Waals surface area contributed by atoms with Crippen molar-refractivity contribution in [3.05, 3.63) is 87.2 Å².